The molecule has 0 radical (unpaired) electrons. The van der Waals surface area contributed by atoms with E-state index in [2.05, 4.69) is 17.6 Å². The molecule has 0 saturated carbocycles. The fourth-order valence-corrected chi connectivity index (χ4v) is 1.15. The average Bonchev–Trinajstić information content (AvgIpc) is 2.27. The maximum Gasteiger partial charge on any atom is 0.416 e. The summed E-state index contributed by atoms with van der Waals surface area (Å²) < 4.78 is 37.3. The van der Waals surface area contributed by atoms with Crippen LogP contribution in [0.15, 0.2) is 24.3 Å². The SMILES string of the molecule is CN(NC(=O)c1cccc(C(F)(F)F)c1)C(N)=S. The second-order valence-electron chi connectivity index (χ2n) is 3.42. The first-order valence-corrected chi connectivity index (χ1v) is 5.14. The molecule has 1 amide bonds. The maximum atomic E-state index is 12.4. The number of nitrogens with two attached hydrogens (primary N) is 1. The molecule has 1 aromatic carbocycles. The zero-order chi connectivity index (χ0) is 13.9. The Labute approximate surface area is 107 Å². The molecule has 0 aliphatic carbocycles. The Balaban J connectivity index is 2.91. The molecule has 4 nitrogen and oxygen atoms in total. The van der Waals surface area contributed by atoms with Crippen molar-refractivity contribution in [2.45, 2.75) is 6.18 Å². The van der Waals surface area contributed by atoms with Crippen LogP contribution in [-0.4, -0.2) is 23.1 Å². The highest BCUT2D eigenvalue weighted by Gasteiger charge is 2.30. The molecule has 8 heteroatoms. The molecule has 0 spiro atoms. The highest BCUT2D eigenvalue weighted by molar-refractivity contribution is 7.80. The van der Waals surface area contributed by atoms with Crippen molar-refractivity contribution >= 4 is 23.2 Å². The summed E-state index contributed by atoms with van der Waals surface area (Å²) >= 11 is 4.58. The van der Waals surface area contributed by atoms with E-state index in [4.69, 9.17) is 5.73 Å². The van der Waals surface area contributed by atoms with E-state index in [9.17, 15) is 18.0 Å². The van der Waals surface area contributed by atoms with Crippen molar-refractivity contribution in [3.63, 3.8) is 0 Å². The summed E-state index contributed by atoms with van der Waals surface area (Å²) in [4.78, 5) is 11.6. The van der Waals surface area contributed by atoms with Gasteiger partial charge in [0.25, 0.3) is 5.91 Å². The molecule has 18 heavy (non-hydrogen) atoms. The minimum absolute atomic E-state index is 0.102. The Bertz CT molecular complexity index is 476. The van der Waals surface area contributed by atoms with Crippen LogP contribution in [0.2, 0.25) is 0 Å². The number of carbonyl (C=O) groups is 1. The van der Waals surface area contributed by atoms with Gasteiger partial charge in [0.15, 0.2) is 5.11 Å². The molecular weight excluding hydrogens is 267 g/mol. The average molecular weight is 277 g/mol. The minimum Gasteiger partial charge on any atom is -0.375 e. The van der Waals surface area contributed by atoms with Crippen LogP contribution in [0.25, 0.3) is 0 Å². The molecule has 0 heterocycles. The van der Waals surface area contributed by atoms with E-state index in [0.29, 0.717) is 0 Å². The molecular formula is C10H10F3N3OS. The van der Waals surface area contributed by atoms with E-state index in [1.807, 2.05) is 0 Å². The molecule has 0 aromatic heterocycles. The van der Waals surface area contributed by atoms with E-state index in [1.54, 1.807) is 0 Å². The van der Waals surface area contributed by atoms with Gasteiger partial charge in [0, 0.05) is 12.6 Å². The van der Waals surface area contributed by atoms with Crippen molar-refractivity contribution < 1.29 is 18.0 Å². The van der Waals surface area contributed by atoms with Crippen LogP contribution < -0.4 is 11.2 Å². The van der Waals surface area contributed by atoms with Gasteiger partial charge < -0.3 is 5.73 Å². The lowest BCUT2D eigenvalue weighted by molar-refractivity contribution is -0.137. The van der Waals surface area contributed by atoms with Gasteiger partial charge in [-0.25, -0.2) is 0 Å². The lowest BCUT2D eigenvalue weighted by atomic mass is 10.1. The van der Waals surface area contributed by atoms with Crippen LogP contribution >= 0.6 is 12.2 Å². The zero-order valence-electron chi connectivity index (χ0n) is 9.28. The summed E-state index contributed by atoms with van der Waals surface area (Å²) in [5, 5.41) is 0.938. The zero-order valence-corrected chi connectivity index (χ0v) is 10.1. The normalized spacial score (nSPS) is 10.9. The fourth-order valence-electron chi connectivity index (χ4n) is 1.11. The largest absolute Gasteiger partial charge is 0.416 e. The molecule has 0 atom stereocenters. The number of benzene rings is 1. The van der Waals surface area contributed by atoms with Crippen molar-refractivity contribution in [1.29, 1.82) is 0 Å². The maximum absolute atomic E-state index is 12.4. The van der Waals surface area contributed by atoms with Crippen LogP contribution in [0.5, 0.6) is 0 Å². The van der Waals surface area contributed by atoms with E-state index >= 15 is 0 Å². The molecule has 0 unspecified atom stereocenters. The van der Waals surface area contributed by atoms with Gasteiger partial charge in [0.05, 0.1) is 5.56 Å². The third-order valence-electron chi connectivity index (χ3n) is 2.05. The second-order valence-corrected chi connectivity index (χ2v) is 3.84. The van der Waals surface area contributed by atoms with Gasteiger partial charge >= 0.3 is 6.18 Å². The number of hydrogen-bond acceptors (Lipinski definition) is 2. The Kier molecular flexibility index (Phi) is 4.12. The third-order valence-corrected chi connectivity index (χ3v) is 2.33. The van der Waals surface area contributed by atoms with Crippen molar-refractivity contribution in [3.05, 3.63) is 35.4 Å². The number of nitrogens with one attached hydrogen (secondary N) is 1. The smallest absolute Gasteiger partial charge is 0.375 e. The summed E-state index contributed by atoms with van der Waals surface area (Å²) in [5.74, 6) is -0.726. The van der Waals surface area contributed by atoms with Crippen molar-refractivity contribution in [2.24, 2.45) is 5.73 Å². The topological polar surface area (TPSA) is 58.4 Å². The number of nitrogens with zero attached hydrogens (tertiary/aromatic N) is 1. The molecule has 3 N–H and O–H groups in total. The Morgan fingerprint density at radius 3 is 2.56 bits per heavy atom. The van der Waals surface area contributed by atoms with Crippen LogP contribution in [0.3, 0.4) is 0 Å². The summed E-state index contributed by atoms with van der Waals surface area (Å²) in [7, 11) is 1.38. The number of hydrazine groups is 1. The highest BCUT2D eigenvalue weighted by Crippen LogP contribution is 2.29. The number of amides is 1. The van der Waals surface area contributed by atoms with Crippen molar-refractivity contribution in [2.75, 3.05) is 7.05 Å². The van der Waals surface area contributed by atoms with Gasteiger partial charge in [-0.1, -0.05) is 6.07 Å². The first-order valence-electron chi connectivity index (χ1n) is 4.73. The lowest BCUT2D eigenvalue weighted by Gasteiger charge is -2.18. The Hall–Kier alpha value is -1.83. The number of hydrogen-bond donors (Lipinski definition) is 2. The molecule has 1 rings (SSSR count). The van der Waals surface area contributed by atoms with Gasteiger partial charge in [-0.05, 0) is 30.4 Å². The summed E-state index contributed by atoms with van der Waals surface area (Å²) in [6.07, 6.45) is -4.49. The van der Waals surface area contributed by atoms with Gasteiger partial charge in [-0.2, -0.15) is 13.2 Å². The van der Waals surface area contributed by atoms with Gasteiger partial charge in [-0.3, -0.25) is 15.2 Å². The quantitative estimate of drug-likeness (QED) is 0.603. The third kappa shape index (κ3) is 3.59. The van der Waals surface area contributed by atoms with Crippen LogP contribution in [-0.2, 0) is 6.18 Å². The number of rotatable bonds is 1. The molecule has 98 valence electrons. The van der Waals surface area contributed by atoms with Gasteiger partial charge in [0.1, 0.15) is 0 Å². The number of thiocarbonyl (C=S) groups is 1. The molecule has 0 bridgehead atoms. The Morgan fingerprint density at radius 1 is 1.44 bits per heavy atom. The van der Waals surface area contributed by atoms with Crippen LogP contribution in [0.1, 0.15) is 15.9 Å². The highest BCUT2D eigenvalue weighted by atomic mass is 32.1. The second kappa shape index (κ2) is 5.21. The number of halogens is 3. The predicted octanol–water partition coefficient (Wildman–Crippen LogP) is 1.53. The molecule has 1 aromatic rings. The molecule has 0 aliphatic rings. The number of alkyl halides is 3. The summed E-state index contributed by atoms with van der Waals surface area (Å²) in [5.41, 5.74) is 6.43. The van der Waals surface area contributed by atoms with Crippen LogP contribution in [0, 0.1) is 0 Å². The van der Waals surface area contributed by atoms with Gasteiger partial charge in [-0.15, -0.1) is 0 Å². The fraction of sp³-hybridized carbons (Fsp3) is 0.200. The summed E-state index contributed by atoms with van der Waals surface area (Å²) in [6.45, 7) is 0. The van der Waals surface area contributed by atoms with E-state index < -0.39 is 17.6 Å². The van der Waals surface area contributed by atoms with E-state index in [-0.39, 0.29) is 10.7 Å². The van der Waals surface area contributed by atoms with Gasteiger partial charge in [0.2, 0.25) is 0 Å². The predicted molar refractivity (Wildman–Crippen MR) is 63.5 cm³/mol. The molecule has 0 fully saturated rings. The first kappa shape index (κ1) is 14.2. The van der Waals surface area contributed by atoms with Crippen molar-refractivity contribution in [3.8, 4) is 0 Å². The number of carbonyl (C=O) groups excluding carboxylic acids is 1. The minimum atomic E-state index is -4.49. The van der Waals surface area contributed by atoms with Crippen molar-refractivity contribution in [1.82, 2.24) is 10.4 Å². The summed E-state index contributed by atoms with van der Waals surface area (Å²) in [6, 6.07) is 4.05. The molecule has 0 aliphatic heterocycles. The van der Waals surface area contributed by atoms with E-state index in [1.165, 1.54) is 13.1 Å². The Morgan fingerprint density at radius 2 is 2.06 bits per heavy atom. The first-order chi connectivity index (χ1) is 8.21. The monoisotopic (exact) mass is 277 g/mol. The van der Waals surface area contributed by atoms with E-state index in [0.717, 1.165) is 23.2 Å². The molecule has 0 saturated heterocycles. The lowest BCUT2D eigenvalue weighted by Crippen LogP contribution is -2.45. The van der Waals surface area contributed by atoms with Crippen LogP contribution in [0.4, 0.5) is 13.2 Å². The standard InChI is InChI=1S/C10H10F3N3OS/c1-16(9(14)18)15-8(17)6-3-2-4-7(5-6)10(11,12)13/h2-5H,1H3,(H2,14,18)(H,15,17).